The van der Waals surface area contributed by atoms with Crippen molar-refractivity contribution in [2.45, 2.75) is 37.2 Å². The molecule has 0 spiro atoms. The highest BCUT2D eigenvalue weighted by Gasteiger charge is 2.27. The van der Waals surface area contributed by atoms with Crippen LogP contribution in [0.2, 0.25) is 5.02 Å². The maximum absolute atomic E-state index is 13.0. The monoisotopic (exact) mass is 434 g/mol. The van der Waals surface area contributed by atoms with E-state index in [-0.39, 0.29) is 11.8 Å². The molecule has 0 radical (unpaired) electrons. The maximum Gasteiger partial charge on any atom is 0.242 e. The summed E-state index contributed by atoms with van der Waals surface area (Å²) < 4.78 is 5.28. The summed E-state index contributed by atoms with van der Waals surface area (Å²) >= 11 is 7.51. The van der Waals surface area contributed by atoms with Gasteiger partial charge in [-0.15, -0.1) is 11.8 Å². The number of amides is 2. The Morgan fingerprint density at radius 1 is 1.21 bits per heavy atom. The molecule has 0 aliphatic carbocycles. The molecule has 0 bridgehead atoms. The number of halogens is 1. The van der Waals surface area contributed by atoms with Crippen molar-refractivity contribution in [1.29, 1.82) is 0 Å². The molecule has 29 heavy (non-hydrogen) atoms. The molecule has 0 saturated carbocycles. The van der Waals surface area contributed by atoms with E-state index < -0.39 is 6.04 Å². The molecule has 0 heterocycles. The highest BCUT2D eigenvalue weighted by Crippen LogP contribution is 2.23. The van der Waals surface area contributed by atoms with E-state index in [0.29, 0.717) is 30.2 Å². The smallest absolute Gasteiger partial charge is 0.242 e. The minimum atomic E-state index is -0.515. The molecule has 0 aliphatic heterocycles. The van der Waals surface area contributed by atoms with Crippen LogP contribution in [-0.4, -0.2) is 42.7 Å². The van der Waals surface area contributed by atoms with E-state index in [1.54, 1.807) is 30.8 Å². The number of thioether (sulfide) groups is 1. The number of nitrogens with one attached hydrogen (secondary N) is 1. The van der Waals surface area contributed by atoms with Crippen molar-refractivity contribution in [2.75, 3.05) is 19.9 Å². The van der Waals surface area contributed by atoms with Crippen LogP contribution in [0.4, 0.5) is 0 Å². The van der Waals surface area contributed by atoms with E-state index in [4.69, 9.17) is 16.3 Å². The first-order valence-electron chi connectivity index (χ1n) is 9.50. The summed E-state index contributed by atoms with van der Waals surface area (Å²) in [6, 6.07) is 14.6. The summed E-state index contributed by atoms with van der Waals surface area (Å²) in [6.07, 6.45) is 0.879. The lowest BCUT2D eigenvalue weighted by Gasteiger charge is -2.30. The lowest BCUT2D eigenvalue weighted by Crippen LogP contribution is -2.48. The minimum absolute atomic E-state index is 0.0512. The number of carbonyl (C=O) groups excluding carboxylic acids is 2. The van der Waals surface area contributed by atoms with Crippen molar-refractivity contribution >= 4 is 35.2 Å². The molecule has 0 fully saturated rings. The van der Waals surface area contributed by atoms with Gasteiger partial charge >= 0.3 is 0 Å². The molecule has 1 atom stereocenters. The van der Waals surface area contributed by atoms with Crippen LogP contribution in [0.15, 0.2) is 53.4 Å². The quantitative estimate of drug-likeness (QED) is 0.563. The second-order valence-corrected chi connectivity index (χ2v) is 8.07. The number of carbonyl (C=O) groups is 2. The molecule has 0 saturated heterocycles. The molecule has 2 amide bonds. The molecule has 7 heteroatoms. The summed E-state index contributed by atoms with van der Waals surface area (Å²) in [7, 11) is 3.20. The van der Waals surface area contributed by atoms with Gasteiger partial charge in [-0.25, -0.2) is 0 Å². The van der Waals surface area contributed by atoms with Crippen LogP contribution in [0, 0.1) is 0 Å². The fourth-order valence-electron chi connectivity index (χ4n) is 2.98. The number of methoxy groups -OCH3 is 1. The van der Waals surface area contributed by atoms with E-state index in [1.807, 2.05) is 55.5 Å². The van der Waals surface area contributed by atoms with Crippen LogP contribution in [0.3, 0.4) is 0 Å². The van der Waals surface area contributed by atoms with E-state index in [1.165, 1.54) is 0 Å². The highest BCUT2D eigenvalue weighted by atomic mass is 35.5. The molecule has 2 aromatic carbocycles. The lowest BCUT2D eigenvalue weighted by atomic mass is 10.1. The van der Waals surface area contributed by atoms with Gasteiger partial charge in [-0.05, 0) is 48.4 Å². The van der Waals surface area contributed by atoms with E-state index in [2.05, 4.69) is 5.32 Å². The molecule has 2 aromatic rings. The molecular formula is C22H27ClN2O3S. The second kappa shape index (κ2) is 11.7. The number of ether oxygens (including phenoxy) is 1. The van der Waals surface area contributed by atoms with E-state index in [0.717, 1.165) is 16.2 Å². The molecule has 0 unspecified atom stereocenters. The Kier molecular flexibility index (Phi) is 9.35. The summed E-state index contributed by atoms with van der Waals surface area (Å²) in [5.41, 5.74) is 0.922. The zero-order chi connectivity index (χ0) is 21.2. The number of nitrogens with zero attached hydrogens (tertiary/aromatic N) is 1. The third kappa shape index (κ3) is 6.98. The van der Waals surface area contributed by atoms with Gasteiger partial charge in [0.15, 0.2) is 0 Å². The number of likely N-dealkylation sites (N-methyl/N-ethyl adjacent to an activating group) is 1. The Morgan fingerprint density at radius 3 is 2.55 bits per heavy atom. The molecule has 156 valence electrons. The number of benzene rings is 2. The van der Waals surface area contributed by atoms with Crippen molar-refractivity contribution in [1.82, 2.24) is 10.2 Å². The van der Waals surface area contributed by atoms with Gasteiger partial charge in [0.2, 0.25) is 11.8 Å². The SMILES string of the molecule is CC[C@@H](C(=O)NC)N(Cc1cccc(OC)c1)C(=O)CCSc1ccc(Cl)cc1. The Morgan fingerprint density at radius 2 is 1.93 bits per heavy atom. The Bertz CT molecular complexity index is 814. The molecule has 2 rings (SSSR count). The summed E-state index contributed by atoms with van der Waals surface area (Å²) in [4.78, 5) is 28.1. The van der Waals surface area contributed by atoms with Gasteiger partial charge in [0, 0.05) is 35.7 Å². The van der Waals surface area contributed by atoms with Crippen LogP contribution < -0.4 is 10.1 Å². The van der Waals surface area contributed by atoms with Crippen LogP contribution in [0.1, 0.15) is 25.3 Å². The normalized spacial score (nSPS) is 11.6. The average molecular weight is 435 g/mol. The second-order valence-electron chi connectivity index (χ2n) is 6.46. The summed E-state index contributed by atoms with van der Waals surface area (Å²) in [6.45, 7) is 2.27. The third-order valence-corrected chi connectivity index (χ3v) is 5.78. The van der Waals surface area contributed by atoms with Crippen LogP contribution in [0.5, 0.6) is 5.75 Å². The fraction of sp³-hybridized carbons (Fsp3) is 0.364. The van der Waals surface area contributed by atoms with E-state index in [9.17, 15) is 9.59 Å². The Labute approximate surface area is 181 Å². The average Bonchev–Trinajstić information content (AvgIpc) is 2.74. The topological polar surface area (TPSA) is 58.6 Å². The third-order valence-electron chi connectivity index (χ3n) is 4.52. The Balaban J connectivity index is 2.10. The molecular weight excluding hydrogens is 408 g/mol. The van der Waals surface area contributed by atoms with Gasteiger partial charge in [-0.3, -0.25) is 9.59 Å². The van der Waals surface area contributed by atoms with Crippen LogP contribution in [-0.2, 0) is 16.1 Å². The zero-order valence-electron chi connectivity index (χ0n) is 17.0. The predicted molar refractivity (Wildman–Crippen MR) is 118 cm³/mol. The van der Waals surface area contributed by atoms with Gasteiger partial charge < -0.3 is 15.0 Å². The first-order valence-corrected chi connectivity index (χ1v) is 10.9. The van der Waals surface area contributed by atoms with Crippen molar-refractivity contribution in [3.05, 3.63) is 59.1 Å². The largest absolute Gasteiger partial charge is 0.497 e. The molecule has 0 aliphatic rings. The van der Waals surface area contributed by atoms with Gasteiger partial charge in [-0.2, -0.15) is 0 Å². The first kappa shape index (κ1) is 23.1. The number of hydrogen-bond acceptors (Lipinski definition) is 4. The zero-order valence-corrected chi connectivity index (χ0v) is 18.6. The van der Waals surface area contributed by atoms with Crippen molar-refractivity contribution in [3.63, 3.8) is 0 Å². The van der Waals surface area contributed by atoms with Crippen LogP contribution in [0.25, 0.3) is 0 Å². The number of hydrogen-bond donors (Lipinski definition) is 1. The minimum Gasteiger partial charge on any atom is -0.497 e. The van der Waals surface area contributed by atoms with Gasteiger partial charge in [-0.1, -0.05) is 30.7 Å². The van der Waals surface area contributed by atoms with Crippen molar-refractivity contribution in [3.8, 4) is 5.75 Å². The van der Waals surface area contributed by atoms with Gasteiger partial charge in [0.05, 0.1) is 7.11 Å². The van der Waals surface area contributed by atoms with Gasteiger partial charge in [0.25, 0.3) is 0 Å². The van der Waals surface area contributed by atoms with E-state index >= 15 is 0 Å². The summed E-state index contributed by atoms with van der Waals surface area (Å²) in [5.74, 6) is 1.14. The fourth-order valence-corrected chi connectivity index (χ4v) is 3.95. The molecule has 0 aromatic heterocycles. The molecule has 5 nitrogen and oxygen atoms in total. The maximum atomic E-state index is 13.0. The lowest BCUT2D eigenvalue weighted by molar-refractivity contribution is -0.140. The highest BCUT2D eigenvalue weighted by molar-refractivity contribution is 7.99. The van der Waals surface area contributed by atoms with Gasteiger partial charge in [0.1, 0.15) is 11.8 Å². The van der Waals surface area contributed by atoms with Crippen LogP contribution >= 0.6 is 23.4 Å². The summed E-state index contributed by atoms with van der Waals surface area (Å²) in [5, 5.41) is 3.36. The van der Waals surface area contributed by atoms with Crippen molar-refractivity contribution in [2.24, 2.45) is 0 Å². The first-order chi connectivity index (χ1) is 14.0. The number of rotatable bonds is 10. The van der Waals surface area contributed by atoms with Crippen molar-refractivity contribution < 1.29 is 14.3 Å². The standard InChI is InChI=1S/C22H27ClN2O3S/c1-4-20(22(27)24-2)25(15-16-6-5-7-18(14-16)28-3)21(26)12-13-29-19-10-8-17(23)9-11-19/h5-11,14,20H,4,12-13,15H2,1-3H3,(H,24,27)/t20-/m0/s1. The molecule has 1 N–H and O–H groups in total. The predicted octanol–water partition coefficient (Wildman–Crippen LogP) is 4.38. The Hall–Kier alpha value is -2.18.